The molecule has 0 aliphatic rings. The van der Waals surface area contributed by atoms with Gasteiger partial charge < -0.3 is 5.73 Å². The van der Waals surface area contributed by atoms with Gasteiger partial charge in [0.25, 0.3) is 0 Å². The van der Waals surface area contributed by atoms with Crippen LogP contribution in [0.4, 0.5) is 0 Å². The van der Waals surface area contributed by atoms with Crippen LogP contribution < -0.4 is 5.73 Å². The van der Waals surface area contributed by atoms with Crippen molar-refractivity contribution in [3.05, 3.63) is 35.4 Å². The standard InChI is InChI=1S/C15H24N2O3S/c1-12-4-6-14(7-5-12)13(2)17(3)9-11-21(19,20)10-8-15(16)18/h4-7,13H,8-11H2,1-3H3,(H2,16,18)/t13-/m0/s1. The number of benzene rings is 1. The second kappa shape index (κ2) is 7.56. The third-order valence-corrected chi connectivity index (χ3v) is 5.27. The second-order valence-electron chi connectivity index (χ2n) is 5.44. The summed E-state index contributed by atoms with van der Waals surface area (Å²) >= 11 is 0. The van der Waals surface area contributed by atoms with E-state index < -0.39 is 15.7 Å². The van der Waals surface area contributed by atoms with Gasteiger partial charge in [-0.3, -0.25) is 9.69 Å². The average Bonchev–Trinajstić information content (AvgIpc) is 2.43. The lowest BCUT2D eigenvalue weighted by molar-refractivity contribution is -0.117. The number of nitrogens with zero attached hydrogens (tertiary/aromatic N) is 1. The number of carbonyl (C=O) groups excluding carboxylic acids is 1. The zero-order valence-electron chi connectivity index (χ0n) is 12.9. The van der Waals surface area contributed by atoms with E-state index >= 15 is 0 Å². The van der Waals surface area contributed by atoms with Gasteiger partial charge >= 0.3 is 0 Å². The van der Waals surface area contributed by atoms with Gasteiger partial charge in [0, 0.05) is 19.0 Å². The fourth-order valence-corrected chi connectivity index (χ4v) is 3.22. The largest absolute Gasteiger partial charge is 0.370 e. The third kappa shape index (κ3) is 6.27. The van der Waals surface area contributed by atoms with Gasteiger partial charge in [-0.2, -0.15) is 0 Å². The second-order valence-corrected chi connectivity index (χ2v) is 7.74. The molecular formula is C15H24N2O3S. The molecule has 0 aromatic heterocycles. The highest BCUT2D eigenvalue weighted by molar-refractivity contribution is 7.91. The molecule has 0 aliphatic heterocycles. The molecular weight excluding hydrogens is 288 g/mol. The van der Waals surface area contributed by atoms with E-state index in [1.807, 2.05) is 37.9 Å². The summed E-state index contributed by atoms with van der Waals surface area (Å²) in [5, 5.41) is 0. The van der Waals surface area contributed by atoms with Crippen molar-refractivity contribution >= 4 is 15.7 Å². The highest BCUT2D eigenvalue weighted by atomic mass is 32.2. The summed E-state index contributed by atoms with van der Waals surface area (Å²) in [7, 11) is -1.34. The van der Waals surface area contributed by atoms with Gasteiger partial charge in [0.1, 0.15) is 0 Å². The molecule has 0 spiro atoms. The van der Waals surface area contributed by atoms with E-state index in [-0.39, 0.29) is 24.0 Å². The minimum Gasteiger partial charge on any atom is -0.370 e. The minimum absolute atomic E-state index is 0.0347. The van der Waals surface area contributed by atoms with Crippen LogP contribution in [0.2, 0.25) is 0 Å². The summed E-state index contributed by atoms with van der Waals surface area (Å²) in [6.45, 7) is 4.50. The summed E-state index contributed by atoms with van der Waals surface area (Å²) in [6.07, 6.45) is -0.112. The molecule has 118 valence electrons. The van der Waals surface area contributed by atoms with Crippen molar-refractivity contribution in [3.8, 4) is 0 Å². The topological polar surface area (TPSA) is 80.5 Å². The molecule has 21 heavy (non-hydrogen) atoms. The van der Waals surface area contributed by atoms with Gasteiger partial charge in [-0.05, 0) is 26.5 Å². The van der Waals surface area contributed by atoms with Crippen molar-refractivity contribution in [3.63, 3.8) is 0 Å². The van der Waals surface area contributed by atoms with Crippen molar-refractivity contribution in [1.82, 2.24) is 4.90 Å². The summed E-state index contributed by atoms with van der Waals surface area (Å²) in [6, 6.07) is 8.33. The fourth-order valence-electron chi connectivity index (χ4n) is 1.93. The fraction of sp³-hybridized carbons (Fsp3) is 0.533. The Balaban J connectivity index is 2.54. The lowest BCUT2D eigenvalue weighted by atomic mass is 10.1. The van der Waals surface area contributed by atoms with E-state index in [2.05, 4.69) is 12.1 Å². The molecule has 0 saturated carbocycles. The maximum Gasteiger partial charge on any atom is 0.218 e. The zero-order valence-corrected chi connectivity index (χ0v) is 13.7. The summed E-state index contributed by atoms with van der Waals surface area (Å²) in [4.78, 5) is 12.6. The minimum atomic E-state index is -3.24. The molecule has 1 atom stereocenters. The Bertz CT molecular complexity index is 567. The van der Waals surface area contributed by atoms with Crippen LogP contribution in [0.15, 0.2) is 24.3 Å². The molecule has 1 rings (SSSR count). The number of primary amides is 1. The van der Waals surface area contributed by atoms with Crippen LogP contribution in [0, 0.1) is 6.92 Å². The first-order chi connectivity index (χ1) is 9.71. The Kier molecular flexibility index (Phi) is 6.36. The predicted molar refractivity (Wildman–Crippen MR) is 84.7 cm³/mol. The number of aryl methyl sites for hydroxylation is 1. The Labute approximate surface area is 127 Å². The van der Waals surface area contributed by atoms with Gasteiger partial charge in [0.15, 0.2) is 9.84 Å². The van der Waals surface area contributed by atoms with Gasteiger partial charge in [0.2, 0.25) is 5.91 Å². The van der Waals surface area contributed by atoms with Gasteiger partial charge in [-0.1, -0.05) is 29.8 Å². The van der Waals surface area contributed by atoms with Crippen molar-refractivity contribution in [2.75, 3.05) is 25.1 Å². The number of nitrogens with two attached hydrogens (primary N) is 1. The highest BCUT2D eigenvalue weighted by Crippen LogP contribution is 2.18. The zero-order chi connectivity index (χ0) is 16.0. The number of hydrogen-bond acceptors (Lipinski definition) is 4. The third-order valence-electron chi connectivity index (χ3n) is 3.64. The van der Waals surface area contributed by atoms with E-state index in [1.54, 1.807) is 0 Å². The average molecular weight is 312 g/mol. The van der Waals surface area contributed by atoms with E-state index in [0.29, 0.717) is 6.54 Å². The van der Waals surface area contributed by atoms with Crippen LogP contribution in [0.3, 0.4) is 0 Å². The van der Waals surface area contributed by atoms with Crippen LogP contribution in [0.5, 0.6) is 0 Å². The van der Waals surface area contributed by atoms with Crippen molar-refractivity contribution in [2.45, 2.75) is 26.3 Å². The maximum absolute atomic E-state index is 11.8. The summed E-state index contributed by atoms with van der Waals surface area (Å²) < 4.78 is 23.6. The maximum atomic E-state index is 11.8. The molecule has 0 heterocycles. The molecule has 2 N–H and O–H groups in total. The van der Waals surface area contributed by atoms with E-state index in [4.69, 9.17) is 5.73 Å². The SMILES string of the molecule is Cc1ccc([C@H](C)N(C)CCS(=O)(=O)CCC(N)=O)cc1. The molecule has 1 aromatic rings. The molecule has 5 nitrogen and oxygen atoms in total. The lowest BCUT2D eigenvalue weighted by Crippen LogP contribution is -2.30. The molecule has 6 heteroatoms. The number of amides is 1. The Morgan fingerprint density at radius 1 is 1.24 bits per heavy atom. The van der Waals surface area contributed by atoms with Crippen LogP contribution >= 0.6 is 0 Å². The predicted octanol–water partition coefficient (Wildman–Crippen LogP) is 1.28. The molecule has 0 unspecified atom stereocenters. The van der Waals surface area contributed by atoms with Crippen molar-refractivity contribution in [1.29, 1.82) is 0 Å². The first kappa shape index (κ1) is 17.7. The van der Waals surface area contributed by atoms with Crippen LogP contribution in [-0.4, -0.2) is 44.3 Å². The van der Waals surface area contributed by atoms with Crippen LogP contribution in [0.1, 0.15) is 30.5 Å². The van der Waals surface area contributed by atoms with E-state index in [1.165, 1.54) is 5.56 Å². The Morgan fingerprint density at radius 3 is 2.33 bits per heavy atom. The van der Waals surface area contributed by atoms with E-state index in [0.717, 1.165) is 5.56 Å². The highest BCUT2D eigenvalue weighted by Gasteiger charge is 2.17. The number of carbonyl (C=O) groups is 1. The number of rotatable bonds is 8. The molecule has 1 aromatic carbocycles. The Morgan fingerprint density at radius 2 is 1.81 bits per heavy atom. The molecule has 0 fully saturated rings. The molecule has 0 bridgehead atoms. The molecule has 0 aliphatic carbocycles. The van der Waals surface area contributed by atoms with Crippen molar-refractivity contribution in [2.24, 2.45) is 5.73 Å². The lowest BCUT2D eigenvalue weighted by Gasteiger charge is -2.25. The molecule has 0 saturated heterocycles. The summed E-state index contributed by atoms with van der Waals surface area (Å²) in [5.41, 5.74) is 7.33. The first-order valence-electron chi connectivity index (χ1n) is 6.97. The van der Waals surface area contributed by atoms with Crippen LogP contribution in [-0.2, 0) is 14.6 Å². The molecule has 1 amide bonds. The van der Waals surface area contributed by atoms with Gasteiger partial charge in [-0.25, -0.2) is 8.42 Å². The van der Waals surface area contributed by atoms with Gasteiger partial charge in [-0.15, -0.1) is 0 Å². The quantitative estimate of drug-likeness (QED) is 0.784. The van der Waals surface area contributed by atoms with Crippen LogP contribution in [0.25, 0.3) is 0 Å². The number of hydrogen-bond donors (Lipinski definition) is 1. The van der Waals surface area contributed by atoms with E-state index in [9.17, 15) is 13.2 Å². The smallest absolute Gasteiger partial charge is 0.218 e. The monoisotopic (exact) mass is 312 g/mol. The van der Waals surface area contributed by atoms with Crippen molar-refractivity contribution < 1.29 is 13.2 Å². The molecule has 0 radical (unpaired) electrons. The Hall–Kier alpha value is -1.40. The summed E-state index contributed by atoms with van der Waals surface area (Å²) in [5.74, 6) is -0.720. The normalized spacial score (nSPS) is 13.3. The van der Waals surface area contributed by atoms with Gasteiger partial charge in [0.05, 0.1) is 11.5 Å². The first-order valence-corrected chi connectivity index (χ1v) is 8.79. The number of sulfone groups is 1.